The van der Waals surface area contributed by atoms with E-state index in [0.717, 1.165) is 12.8 Å². The maximum atomic E-state index is 11.2. The lowest BCUT2D eigenvalue weighted by atomic mass is 10.1. The summed E-state index contributed by atoms with van der Waals surface area (Å²) in [5.74, 6) is -0.109. The summed E-state index contributed by atoms with van der Waals surface area (Å²) in [5.41, 5.74) is 0. The molecule has 0 fully saturated rings. The van der Waals surface area contributed by atoms with E-state index in [-0.39, 0.29) is 18.2 Å². The number of ketones is 1. The quantitative estimate of drug-likeness (QED) is 0.410. The van der Waals surface area contributed by atoms with Gasteiger partial charge in [-0.1, -0.05) is 46.0 Å². The average Bonchev–Trinajstić information content (AvgIpc) is 2.34. The smallest absolute Gasteiger partial charge is 0.306 e. The Hall–Kier alpha value is -0.860. The Balaban J connectivity index is 3.25. The number of rotatable bonds is 11. The summed E-state index contributed by atoms with van der Waals surface area (Å²) >= 11 is 0. The van der Waals surface area contributed by atoms with Crippen molar-refractivity contribution in [1.82, 2.24) is 0 Å². The molecule has 100 valence electrons. The summed E-state index contributed by atoms with van der Waals surface area (Å²) in [4.78, 5) is 22.2. The molecule has 0 saturated carbocycles. The molecule has 0 radical (unpaired) electrons. The van der Waals surface area contributed by atoms with E-state index in [1.807, 2.05) is 6.92 Å². The zero-order valence-electron chi connectivity index (χ0n) is 11.3. The van der Waals surface area contributed by atoms with Gasteiger partial charge in [-0.25, -0.2) is 0 Å². The molecule has 0 aromatic heterocycles. The molecule has 0 aliphatic rings. The molecule has 0 bridgehead atoms. The third-order valence-corrected chi connectivity index (χ3v) is 2.76. The van der Waals surface area contributed by atoms with Gasteiger partial charge in [0, 0.05) is 12.8 Å². The minimum atomic E-state index is -0.236. The first-order chi connectivity index (χ1) is 8.20. The highest BCUT2D eigenvalue weighted by Crippen LogP contribution is 2.05. The van der Waals surface area contributed by atoms with Crippen molar-refractivity contribution in [3.8, 4) is 0 Å². The van der Waals surface area contributed by atoms with E-state index < -0.39 is 0 Å². The third-order valence-electron chi connectivity index (χ3n) is 2.76. The summed E-state index contributed by atoms with van der Waals surface area (Å²) in [6, 6.07) is 0. The van der Waals surface area contributed by atoms with Crippen molar-refractivity contribution in [3.63, 3.8) is 0 Å². The van der Waals surface area contributed by atoms with Gasteiger partial charge in [0.1, 0.15) is 5.78 Å². The molecule has 0 aromatic rings. The van der Waals surface area contributed by atoms with E-state index in [1.54, 1.807) is 0 Å². The second-order valence-corrected chi connectivity index (χ2v) is 4.38. The van der Waals surface area contributed by atoms with Crippen LogP contribution in [-0.4, -0.2) is 18.4 Å². The molecule has 0 saturated heterocycles. The van der Waals surface area contributed by atoms with Crippen LogP contribution in [0.15, 0.2) is 0 Å². The van der Waals surface area contributed by atoms with Crippen LogP contribution >= 0.6 is 0 Å². The number of Topliss-reactive ketones (excluding diaryl/α,β-unsaturated/α-hetero) is 1. The zero-order valence-corrected chi connectivity index (χ0v) is 11.3. The SMILES string of the molecule is CCCCCCCCOC(=O)CCC(=O)CC. The van der Waals surface area contributed by atoms with E-state index in [4.69, 9.17) is 4.74 Å². The van der Waals surface area contributed by atoms with Crippen LogP contribution in [0.1, 0.15) is 71.6 Å². The lowest BCUT2D eigenvalue weighted by molar-refractivity contribution is -0.144. The van der Waals surface area contributed by atoms with Crippen molar-refractivity contribution in [3.05, 3.63) is 0 Å². The molecule has 0 amide bonds. The van der Waals surface area contributed by atoms with Crippen LogP contribution in [0.4, 0.5) is 0 Å². The van der Waals surface area contributed by atoms with E-state index in [9.17, 15) is 9.59 Å². The van der Waals surface area contributed by atoms with Crippen LogP contribution in [0, 0.1) is 0 Å². The fourth-order valence-corrected chi connectivity index (χ4v) is 1.56. The molecule has 3 nitrogen and oxygen atoms in total. The maximum absolute atomic E-state index is 11.2. The van der Waals surface area contributed by atoms with Crippen LogP contribution in [0.2, 0.25) is 0 Å². The highest BCUT2D eigenvalue weighted by atomic mass is 16.5. The fraction of sp³-hybridized carbons (Fsp3) is 0.857. The monoisotopic (exact) mass is 242 g/mol. The van der Waals surface area contributed by atoms with Gasteiger partial charge < -0.3 is 4.74 Å². The molecule has 0 heterocycles. The Morgan fingerprint density at radius 3 is 2.18 bits per heavy atom. The summed E-state index contributed by atoms with van der Waals surface area (Å²) in [7, 11) is 0. The van der Waals surface area contributed by atoms with Crippen LogP contribution in [-0.2, 0) is 14.3 Å². The number of hydrogen-bond acceptors (Lipinski definition) is 3. The number of unbranched alkanes of at least 4 members (excludes halogenated alkanes) is 5. The van der Waals surface area contributed by atoms with Gasteiger partial charge >= 0.3 is 5.97 Å². The molecule has 0 atom stereocenters. The van der Waals surface area contributed by atoms with Crippen molar-refractivity contribution < 1.29 is 14.3 Å². The highest BCUT2D eigenvalue weighted by Gasteiger charge is 2.05. The first-order valence-corrected chi connectivity index (χ1v) is 6.88. The summed E-state index contributed by atoms with van der Waals surface area (Å²) in [6.45, 7) is 4.51. The van der Waals surface area contributed by atoms with Gasteiger partial charge in [-0.2, -0.15) is 0 Å². The highest BCUT2D eigenvalue weighted by molar-refractivity contribution is 5.82. The minimum absolute atomic E-state index is 0.126. The normalized spacial score (nSPS) is 10.2. The van der Waals surface area contributed by atoms with Gasteiger partial charge in [-0.3, -0.25) is 9.59 Å². The third kappa shape index (κ3) is 11.4. The van der Waals surface area contributed by atoms with Crippen LogP contribution in [0.5, 0.6) is 0 Å². The van der Waals surface area contributed by atoms with E-state index in [0.29, 0.717) is 19.4 Å². The van der Waals surface area contributed by atoms with Gasteiger partial charge in [0.05, 0.1) is 13.0 Å². The van der Waals surface area contributed by atoms with E-state index in [2.05, 4.69) is 6.92 Å². The van der Waals surface area contributed by atoms with Crippen molar-refractivity contribution >= 4 is 11.8 Å². The van der Waals surface area contributed by atoms with E-state index in [1.165, 1.54) is 25.7 Å². The first-order valence-electron chi connectivity index (χ1n) is 6.88. The molecule has 0 aliphatic heterocycles. The molecular weight excluding hydrogens is 216 g/mol. The Bertz CT molecular complexity index is 212. The number of carbonyl (C=O) groups is 2. The largest absolute Gasteiger partial charge is 0.466 e. The lowest BCUT2D eigenvalue weighted by Gasteiger charge is -2.04. The van der Waals surface area contributed by atoms with Crippen LogP contribution in [0.25, 0.3) is 0 Å². The molecular formula is C14H26O3. The minimum Gasteiger partial charge on any atom is -0.466 e. The number of esters is 1. The second-order valence-electron chi connectivity index (χ2n) is 4.38. The second kappa shape index (κ2) is 11.6. The van der Waals surface area contributed by atoms with Crippen molar-refractivity contribution in [1.29, 1.82) is 0 Å². The van der Waals surface area contributed by atoms with Crippen LogP contribution in [0.3, 0.4) is 0 Å². The number of hydrogen-bond donors (Lipinski definition) is 0. The Morgan fingerprint density at radius 1 is 0.882 bits per heavy atom. The molecule has 0 unspecified atom stereocenters. The number of carbonyl (C=O) groups excluding carboxylic acids is 2. The zero-order chi connectivity index (χ0) is 12.9. The average molecular weight is 242 g/mol. The fourth-order valence-electron chi connectivity index (χ4n) is 1.56. The summed E-state index contributed by atoms with van der Waals surface area (Å²) in [6.07, 6.45) is 8.17. The Morgan fingerprint density at radius 2 is 1.53 bits per heavy atom. The van der Waals surface area contributed by atoms with E-state index >= 15 is 0 Å². The first kappa shape index (κ1) is 16.1. The molecule has 3 heteroatoms. The summed E-state index contributed by atoms with van der Waals surface area (Å²) < 4.78 is 5.05. The predicted molar refractivity (Wildman–Crippen MR) is 68.9 cm³/mol. The van der Waals surface area contributed by atoms with Gasteiger partial charge in [0.15, 0.2) is 0 Å². The standard InChI is InChI=1S/C14H26O3/c1-3-5-6-7-8-9-12-17-14(16)11-10-13(15)4-2/h3-12H2,1-2H3. The van der Waals surface area contributed by atoms with Gasteiger partial charge in [0.2, 0.25) is 0 Å². The Labute approximate surface area is 105 Å². The summed E-state index contributed by atoms with van der Waals surface area (Å²) in [5, 5.41) is 0. The van der Waals surface area contributed by atoms with Crippen LogP contribution < -0.4 is 0 Å². The topological polar surface area (TPSA) is 43.4 Å². The van der Waals surface area contributed by atoms with Crippen molar-refractivity contribution in [2.75, 3.05) is 6.61 Å². The molecule has 0 N–H and O–H groups in total. The molecule has 0 spiro atoms. The van der Waals surface area contributed by atoms with Crippen molar-refractivity contribution in [2.45, 2.75) is 71.6 Å². The predicted octanol–water partition coefficient (Wildman–Crippen LogP) is 3.65. The maximum Gasteiger partial charge on any atom is 0.306 e. The number of ether oxygens (including phenoxy) is 1. The van der Waals surface area contributed by atoms with Crippen molar-refractivity contribution in [2.24, 2.45) is 0 Å². The molecule has 0 rings (SSSR count). The molecule has 0 aromatic carbocycles. The Kier molecular flexibility index (Phi) is 11.0. The van der Waals surface area contributed by atoms with Gasteiger partial charge in [-0.15, -0.1) is 0 Å². The van der Waals surface area contributed by atoms with Gasteiger partial charge in [0.25, 0.3) is 0 Å². The molecule has 17 heavy (non-hydrogen) atoms. The van der Waals surface area contributed by atoms with Gasteiger partial charge in [-0.05, 0) is 6.42 Å². The lowest BCUT2D eigenvalue weighted by Crippen LogP contribution is -2.08. The molecule has 0 aliphatic carbocycles.